The predicted octanol–water partition coefficient (Wildman–Crippen LogP) is -1.34. The Kier molecular flexibility index (Phi) is 58.9. The van der Waals surface area contributed by atoms with Crippen molar-refractivity contribution in [2.24, 2.45) is 0 Å². The first-order valence-electron chi connectivity index (χ1n) is 2.19. The van der Waals surface area contributed by atoms with Crippen LogP contribution in [0.4, 0.5) is 0 Å². The van der Waals surface area contributed by atoms with E-state index >= 15 is 0 Å². The zero-order valence-corrected chi connectivity index (χ0v) is 12.4. The largest absolute Gasteiger partial charge is 2.00 e. The standard InChI is InChI=1S/4NO3.Ni.Pb/c4*2-1(3)4;;/q4*-1;2*+2. The quantitative estimate of drug-likeness (QED) is 0.207. The number of nitrogens with zero attached hydrogens (tertiary/aromatic N) is 4. The molecule has 0 rings (SSSR count). The van der Waals surface area contributed by atoms with Gasteiger partial charge in [0.2, 0.25) is 0 Å². The maximum Gasteiger partial charge on any atom is 2.00 e. The molecule has 0 aromatic rings. The Morgan fingerprint density at radius 1 is 0.444 bits per heavy atom. The molecule has 0 aliphatic rings. The van der Waals surface area contributed by atoms with Crippen molar-refractivity contribution in [2.45, 2.75) is 0 Å². The number of hydrogen-bond acceptors (Lipinski definition) is 12. The SMILES string of the molecule is O=[N+]([O-])[O-].O=[N+]([O-])[O-].O=[N+]([O-])[O-].O=[N+]([O-])[O-].[Ni+2].[Pb+2]. The summed E-state index contributed by atoms with van der Waals surface area (Å²) in [6.07, 6.45) is 0. The summed E-state index contributed by atoms with van der Waals surface area (Å²) in [7, 11) is 0. The smallest absolute Gasteiger partial charge is 0.356 e. The van der Waals surface area contributed by atoms with Crippen LogP contribution in [0, 0.1) is 61.3 Å². The summed E-state index contributed by atoms with van der Waals surface area (Å²) in [5, 5.41) is 59.0. The minimum absolute atomic E-state index is 0. The normalized spacial score (nSPS) is 5.33. The molecule has 0 amide bonds. The van der Waals surface area contributed by atoms with Crippen LogP contribution in [0.5, 0.6) is 0 Å². The molecular formula is N4NiO12Pb. The summed E-state index contributed by atoms with van der Waals surface area (Å²) in [6.45, 7) is 0. The zero-order valence-electron chi connectivity index (χ0n) is 7.50. The van der Waals surface area contributed by atoms with Crippen molar-refractivity contribution in [2.75, 3.05) is 0 Å². The summed E-state index contributed by atoms with van der Waals surface area (Å²) in [5.41, 5.74) is 0. The van der Waals surface area contributed by atoms with E-state index in [0.29, 0.717) is 0 Å². The van der Waals surface area contributed by atoms with Gasteiger partial charge in [-0.25, -0.2) is 0 Å². The molecule has 0 saturated carbocycles. The number of hydrogen-bond donors (Lipinski definition) is 0. The van der Waals surface area contributed by atoms with Gasteiger partial charge in [0.1, 0.15) is 0 Å². The fourth-order valence-corrected chi connectivity index (χ4v) is 0. The van der Waals surface area contributed by atoms with Gasteiger partial charge in [-0.1, -0.05) is 0 Å². The van der Waals surface area contributed by atoms with Crippen molar-refractivity contribution in [3.05, 3.63) is 61.3 Å². The first kappa shape index (κ1) is 36.0. The molecule has 0 unspecified atom stereocenters. The second kappa shape index (κ2) is 29.5. The van der Waals surface area contributed by atoms with Gasteiger partial charge in [-0.05, 0) is 0 Å². The molecule has 2 radical (unpaired) electrons. The van der Waals surface area contributed by atoms with Crippen LogP contribution in [0.2, 0.25) is 0 Å². The third-order valence-corrected chi connectivity index (χ3v) is 0. The first-order chi connectivity index (χ1) is 6.93. The minimum atomic E-state index is -1.75. The fraction of sp³-hybridized carbons (Fsp3) is 0. The summed E-state index contributed by atoms with van der Waals surface area (Å²) >= 11 is 0. The third kappa shape index (κ3) is 780. The van der Waals surface area contributed by atoms with Crippen molar-refractivity contribution in [1.82, 2.24) is 0 Å². The molecule has 18 heavy (non-hydrogen) atoms. The first-order valence-corrected chi connectivity index (χ1v) is 2.19. The Bertz CT molecular complexity index is 164. The van der Waals surface area contributed by atoms with Crippen molar-refractivity contribution in [3.63, 3.8) is 0 Å². The van der Waals surface area contributed by atoms with Gasteiger partial charge in [0.05, 0.1) is 20.3 Å². The van der Waals surface area contributed by atoms with Gasteiger partial charge in [-0.15, -0.1) is 0 Å². The summed E-state index contributed by atoms with van der Waals surface area (Å²) in [5.74, 6) is 0. The van der Waals surface area contributed by atoms with Crippen LogP contribution in [-0.2, 0) is 16.5 Å². The van der Waals surface area contributed by atoms with E-state index in [2.05, 4.69) is 0 Å². The minimum Gasteiger partial charge on any atom is -0.356 e. The van der Waals surface area contributed by atoms with Gasteiger partial charge in [0, 0.05) is 0 Å². The Morgan fingerprint density at radius 3 is 0.444 bits per heavy atom. The van der Waals surface area contributed by atoms with Crippen molar-refractivity contribution < 1.29 is 36.8 Å². The van der Waals surface area contributed by atoms with Crippen LogP contribution in [0.25, 0.3) is 0 Å². The fourth-order valence-electron chi connectivity index (χ4n) is 0. The molecule has 0 fully saturated rings. The van der Waals surface area contributed by atoms with Gasteiger partial charge in [0.15, 0.2) is 0 Å². The van der Waals surface area contributed by atoms with Crippen molar-refractivity contribution in [3.8, 4) is 0 Å². The van der Waals surface area contributed by atoms with Crippen LogP contribution in [0.15, 0.2) is 0 Å². The average Bonchev–Trinajstić information content (AvgIpc) is 1.76. The Balaban J connectivity index is -0.0000000257. The second-order valence-electron chi connectivity index (χ2n) is 0.894. The van der Waals surface area contributed by atoms with Crippen LogP contribution in [0.1, 0.15) is 0 Å². The van der Waals surface area contributed by atoms with E-state index in [-0.39, 0.29) is 43.8 Å². The molecule has 0 heterocycles. The molecule has 0 atom stereocenters. The van der Waals surface area contributed by atoms with Crippen LogP contribution >= 0.6 is 0 Å². The molecule has 16 nitrogen and oxygen atoms in total. The van der Waals surface area contributed by atoms with E-state index in [4.69, 9.17) is 61.3 Å². The number of rotatable bonds is 0. The maximum atomic E-state index is 8.25. The van der Waals surface area contributed by atoms with Crippen LogP contribution in [0.3, 0.4) is 0 Å². The van der Waals surface area contributed by atoms with Gasteiger partial charge < -0.3 is 61.3 Å². The predicted molar refractivity (Wildman–Crippen MR) is 47.2 cm³/mol. The average molecular weight is 514 g/mol. The zero-order chi connectivity index (χ0) is 14.3. The molecule has 18 heteroatoms. The van der Waals surface area contributed by atoms with Gasteiger partial charge in [-0.3, -0.25) is 0 Å². The topological polar surface area (TPSA) is 265 Å². The molecule has 0 aliphatic heterocycles. The molecule has 106 valence electrons. The molecule has 0 saturated heterocycles. The summed E-state index contributed by atoms with van der Waals surface area (Å²) in [4.78, 5) is 33.0. The van der Waals surface area contributed by atoms with Crippen molar-refractivity contribution >= 4 is 27.3 Å². The molecule has 0 spiro atoms. The summed E-state index contributed by atoms with van der Waals surface area (Å²) in [6, 6.07) is 0. The Morgan fingerprint density at radius 2 is 0.444 bits per heavy atom. The van der Waals surface area contributed by atoms with E-state index in [1.54, 1.807) is 0 Å². The van der Waals surface area contributed by atoms with Crippen LogP contribution < -0.4 is 0 Å². The van der Waals surface area contributed by atoms with Gasteiger partial charge >= 0.3 is 43.8 Å². The Hall–Kier alpha value is -1.78. The summed E-state index contributed by atoms with van der Waals surface area (Å²) < 4.78 is 0. The molecule has 0 aromatic heterocycles. The molecule has 0 aromatic carbocycles. The van der Waals surface area contributed by atoms with Gasteiger partial charge in [0.25, 0.3) is 0 Å². The van der Waals surface area contributed by atoms with Crippen molar-refractivity contribution in [1.29, 1.82) is 0 Å². The van der Waals surface area contributed by atoms with E-state index in [1.807, 2.05) is 0 Å². The van der Waals surface area contributed by atoms with E-state index in [9.17, 15) is 0 Å². The monoisotopic (exact) mass is 514 g/mol. The Labute approximate surface area is 125 Å². The van der Waals surface area contributed by atoms with Crippen LogP contribution in [-0.4, -0.2) is 47.6 Å². The second-order valence-corrected chi connectivity index (χ2v) is 0.894. The molecule has 0 N–H and O–H groups in total. The van der Waals surface area contributed by atoms with E-state index < -0.39 is 20.3 Å². The van der Waals surface area contributed by atoms with E-state index in [0.717, 1.165) is 0 Å². The van der Waals surface area contributed by atoms with Gasteiger partial charge in [-0.2, -0.15) is 0 Å². The third-order valence-electron chi connectivity index (χ3n) is 0. The maximum absolute atomic E-state index is 8.25. The van der Waals surface area contributed by atoms with E-state index in [1.165, 1.54) is 0 Å². The molecule has 0 aliphatic carbocycles. The molecular weight excluding hydrogens is 514 g/mol. The molecule has 0 bridgehead atoms.